The van der Waals surface area contributed by atoms with Gasteiger partial charge in [-0.3, -0.25) is 4.79 Å². The minimum atomic E-state index is 0.246. The Morgan fingerprint density at radius 1 is 1.42 bits per heavy atom. The van der Waals surface area contributed by atoms with E-state index in [4.69, 9.17) is 0 Å². The van der Waals surface area contributed by atoms with Gasteiger partial charge in [-0.2, -0.15) is 0 Å². The zero-order valence-electron chi connectivity index (χ0n) is 7.94. The molecule has 1 amide bonds. The summed E-state index contributed by atoms with van der Waals surface area (Å²) < 4.78 is 0. The Morgan fingerprint density at radius 2 is 2.17 bits per heavy atom. The number of amides is 1. The van der Waals surface area contributed by atoms with E-state index in [-0.39, 0.29) is 5.91 Å². The second kappa shape index (κ2) is 5.18. The van der Waals surface area contributed by atoms with Crippen molar-refractivity contribution in [3.63, 3.8) is 0 Å². The van der Waals surface area contributed by atoms with E-state index in [1.54, 1.807) is 0 Å². The van der Waals surface area contributed by atoms with Gasteiger partial charge in [-0.05, 0) is 25.2 Å². The second-order valence-electron chi connectivity index (χ2n) is 3.70. The van der Waals surface area contributed by atoms with E-state index in [0.717, 1.165) is 25.3 Å². The van der Waals surface area contributed by atoms with Gasteiger partial charge in [-0.25, -0.2) is 0 Å². The summed E-state index contributed by atoms with van der Waals surface area (Å²) in [5.41, 5.74) is 0. The van der Waals surface area contributed by atoms with Crippen LogP contribution >= 0.6 is 0 Å². The molecular weight excluding hydrogens is 150 g/mol. The summed E-state index contributed by atoms with van der Waals surface area (Å²) in [6, 6.07) is 0. The summed E-state index contributed by atoms with van der Waals surface area (Å²) in [6.45, 7) is 3.08. The van der Waals surface area contributed by atoms with E-state index in [9.17, 15) is 4.79 Å². The lowest BCUT2D eigenvalue weighted by atomic mass is 10.2. The molecule has 1 N–H and O–H groups in total. The topological polar surface area (TPSA) is 29.1 Å². The van der Waals surface area contributed by atoms with Gasteiger partial charge >= 0.3 is 0 Å². The molecule has 0 aromatic carbocycles. The highest BCUT2D eigenvalue weighted by Crippen LogP contribution is 2.27. The van der Waals surface area contributed by atoms with Gasteiger partial charge in [0.1, 0.15) is 0 Å². The Labute approximate surface area is 74.7 Å². The summed E-state index contributed by atoms with van der Waals surface area (Å²) in [6.07, 6.45) is 6.77. The third kappa shape index (κ3) is 4.37. The Morgan fingerprint density at radius 3 is 2.75 bits per heavy atom. The van der Waals surface area contributed by atoms with Crippen LogP contribution in [-0.4, -0.2) is 12.5 Å². The highest BCUT2D eigenvalue weighted by atomic mass is 16.1. The smallest absolute Gasteiger partial charge is 0.220 e. The zero-order chi connectivity index (χ0) is 8.81. The van der Waals surface area contributed by atoms with Crippen LogP contribution in [0.4, 0.5) is 0 Å². The lowest BCUT2D eigenvalue weighted by molar-refractivity contribution is -0.121. The number of nitrogens with one attached hydrogen (secondary N) is 1. The molecular formula is C10H19NO. The number of carbonyl (C=O) groups is 1. The van der Waals surface area contributed by atoms with Gasteiger partial charge in [0.25, 0.3) is 0 Å². The van der Waals surface area contributed by atoms with E-state index in [1.165, 1.54) is 25.7 Å². The molecule has 0 aromatic rings. The van der Waals surface area contributed by atoms with E-state index >= 15 is 0 Å². The molecule has 1 rings (SSSR count). The first kappa shape index (κ1) is 9.56. The lowest BCUT2D eigenvalue weighted by Gasteiger charge is -2.02. The summed E-state index contributed by atoms with van der Waals surface area (Å²) in [5.74, 6) is 1.05. The van der Waals surface area contributed by atoms with Crippen LogP contribution in [0.25, 0.3) is 0 Å². The van der Waals surface area contributed by atoms with Crippen molar-refractivity contribution in [1.29, 1.82) is 0 Å². The molecule has 0 saturated heterocycles. The fourth-order valence-corrected chi connectivity index (χ4v) is 1.20. The number of unbranched alkanes of at least 4 members (excludes halogenated alkanes) is 2. The predicted octanol–water partition coefficient (Wildman–Crippen LogP) is 2.09. The maximum atomic E-state index is 11.1. The molecule has 2 nitrogen and oxygen atoms in total. The van der Waals surface area contributed by atoms with E-state index < -0.39 is 0 Å². The average molecular weight is 169 g/mol. The Kier molecular flexibility index (Phi) is 4.12. The maximum absolute atomic E-state index is 11.1. The number of hydrogen-bond acceptors (Lipinski definition) is 1. The molecule has 0 unspecified atom stereocenters. The zero-order valence-corrected chi connectivity index (χ0v) is 7.94. The first-order valence-corrected chi connectivity index (χ1v) is 5.09. The molecule has 0 aromatic heterocycles. The minimum Gasteiger partial charge on any atom is -0.356 e. The van der Waals surface area contributed by atoms with Gasteiger partial charge < -0.3 is 5.32 Å². The molecule has 12 heavy (non-hydrogen) atoms. The molecule has 70 valence electrons. The van der Waals surface area contributed by atoms with E-state index in [2.05, 4.69) is 12.2 Å². The molecule has 1 aliphatic carbocycles. The third-order valence-electron chi connectivity index (χ3n) is 2.29. The summed E-state index contributed by atoms with van der Waals surface area (Å²) in [5, 5.41) is 2.96. The monoisotopic (exact) mass is 169 g/mol. The van der Waals surface area contributed by atoms with Gasteiger partial charge in [0.05, 0.1) is 0 Å². The van der Waals surface area contributed by atoms with Gasteiger partial charge in [0, 0.05) is 13.0 Å². The van der Waals surface area contributed by atoms with Crippen molar-refractivity contribution in [1.82, 2.24) is 5.32 Å². The SMILES string of the molecule is CCCCCC(=O)NCC1CC1. The van der Waals surface area contributed by atoms with Crippen molar-refractivity contribution in [2.24, 2.45) is 5.92 Å². The Hall–Kier alpha value is -0.530. The Bertz CT molecular complexity index is 141. The Balaban J connectivity index is 1.88. The van der Waals surface area contributed by atoms with E-state index in [1.807, 2.05) is 0 Å². The maximum Gasteiger partial charge on any atom is 0.220 e. The molecule has 2 heteroatoms. The minimum absolute atomic E-state index is 0.246. The van der Waals surface area contributed by atoms with Crippen molar-refractivity contribution in [2.45, 2.75) is 45.4 Å². The number of rotatable bonds is 6. The van der Waals surface area contributed by atoms with Gasteiger partial charge in [0.2, 0.25) is 5.91 Å². The lowest BCUT2D eigenvalue weighted by Crippen LogP contribution is -2.24. The standard InChI is InChI=1S/C10H19NO/c1-2-3-4-5-10(12)11-8-9-6-7-9/h9H,2-8H2,1H3,(H,11,12). The molecule has 1 aliphatic rings. The average Bonchev–Trinajstić information content (AvgIpc) is 2.84. The molecule has 0 radical (unpaired) electrons. The van der Waals surface area contributed by atoms with Crippen LogP contribution in [0.1, 0.15) is 45.4 Å². The third-order valence-corrected chi connectivity index (χ3v) is 2.29. The summed E-state index contributed by atoms with van der Waals surface area (Å²) in [4.78, 5) is 11.1. The van der Waals surface area contributed by atoms with Crippen molar-refractivity contribution < 1.29 is 4.79 Å². The van der Waals surface area contributed by atoms with Gasteiger partial charge in [0.15, 0.2) is 0 Å². The summed E-state index contributed by atoms with van der Waals surface area (Å²) >= 11 is 0. The van der Waals surface area contributed by atoms with Crippen molar-refractivity contribution in [3.8, 4) is 0 Å². The first-order chi connectivity index (χ1) is 5.83. The van der Waals surface area contributed by atoms with Crippen LogP contribution in [0.15, 0.2) is 0 Å². The molecule has 1 fully saturated rings. The number of carbonyl (C=O) groups excluding carboxylic acids is 1. The van der Waals surface area contributed by atoms with Crippen molar-refractivity contribution in [3.05, 3.63) is 0 Å². The molecule has 0 heterocycles. The van der Waals surface area contributed by atoms with Crippen LogP contribution in [0.5, 0.6) is 0 Å². The second-order valence-corrected chi connectivity index (χ2v) is 3.70. The van der Waals surface area contributed by atoms with Crippen LogP contribution in [-0.2, 0) is 4.79 Å². The van der Waals surface area contributed by atoms with E-state index in [0.29, 0.717) is 0 Å². The van der Waals surface area contributed by atoms with Crippen molar-refractivity contribution in [2.75, 3.05) is 6.54 Å². The van der Waals surface area contributed by atoms with Crippen LogP contribution < -0.4 is 5.32 Å². The fourth-order valence-electron chi connectivity index (χ4n) is 1.20. The molecule has 0 atom stereocenters. The van der Waals surface area contributed by atoms with Crippen molar-refractivity contribution >= 4 is 5.91 Å². The quantitative estimate of drug-likeness (QED) is 0.606. The molecule has 0 aliphatic heterocycles. The van der Waals surface area contributed by atoms with Gasteiger partial charge in [-0.15, -0.1) is 0 Å². The van der Waals surface area contributed by atoms with Crippen LogP contribution in [0, 0.1) is 5.92 Å². The molecule has 0 spiro atoms. The van der Waals surface area contributed by atoms with Crippen LogP contribution in [0.3, 0.4) is 0 Å². The fraction of sp³-hybridized carbons (Fsp3) is 0.900. The highest BCUT2D eigenvalue weighted by Gasteiger charge is 2.21. The number of hydrogen-bond donors (Lipinski definition) is 1. The highest BCUT2D eigenvalue weighted by molar-refractivity contribution is 5.75. The largest absolute Gasteiger partial charge is 0.356 e. The normalized spacial score (nSPS) is 16.1. The summed E-state index contributed by atoms with van der Waals surface area (Å²) in [7, 11) is 0. The molecule has 1 saturated carbocycles. The molecule has 0 bridgehead atoms. The van der Waals surface area contributed by atoms with Crippen LogP contribution in [0.2, 0.25) is 0 Å². The predicted molar refractivity (Wildman–Crippen MR) is 49.9 cm³/mol. The first-order valence-electron chi connectivity index (χ1n) is 5.09. The van der Waals surface area contributed by atoms with Gasteiger partial charge in [-0.1, -0.05) is 19.8 Å².